The average molecular weight is 338 g/mol. The predicted octanol–water partition coefficient (Wildman–Crippen LogP) is 3.57. The molecule has 0 unspecified atom stereocenters. The summed E-state index contributed by atoms with van der Waals surface area (Å²) < 4.78 is 14.4. The molecule has 2 rings (SSSR count). The normalized spacial score (nSPS) is 10.3. The van der Waals surface area contributed by atoms with E-state index >= 15 is 0 Å². The van der Waals surface area contributed by atoms with Gasteiger partial charge in [0.1, 0.15) is 11.6 Å². The molecule has 1 N–H and O–H groups in total. The van der Waals surface area contributed by atoms with Crippen molar-refractivity contribution in [1.29, 1.82) is 0 Å². The summed E-state index contributed by atoms with van der Waals surface area (Å²) in [5, 5.41) is 9.67. The van der Waals surface area contributed by atoms with Gasteiger partial charge >= 0.3 is 0 Å². The summed E-state index contributed by atoms with van der Waals surface area (Å²) >= 11 is 3.27. The molecule has 2 aromatic rings. The number of carbonyl (C=O) groups excluding carboxylic acids is 1. The quantitative estimate of drug-likeness (QED) is 0.930. The summed E-state index contributed by atoms with van der Waals surface area (Å²) in [5.74, 6) is -0.813. The van der Waals surface area contributed by atoms with Crippen LogP contribution < -0.4 is 0 Å². The zero-order chi connectivity index (χ0) is 14.7. The summed E-state index contributed by atoms with van der Waals surface area (Å²) in [6.07, 6.45) is 0. The first-order valence-corrected chi connectivity index (χ1v) is 6.75. The second-order valence-corrected chi connectivity index (χ2v) is 5.33. The number of aromatic hydroxyl groups is 1. The number of amides is 1. The van der Waals surface area contributed by atoms with Gasteiger partial charge in [0, 0.05) is 23.6 Å². The lowest BCUT2D eigenvalue weighted by Crippen LogP contribution is -2.26. The van der Waals surface area contributed by atoms with Crippen molar-refractivity contribution in [2.24, 2.45) is 0 Å². The minimum absolute atomic E-state index is 0.0842. The van der Waals surface area contributed by atoms with Crippen LogP contribution in [0.3, 0.4) is 0 Å². The molecule has 0 saturated carbocycles. The van der Waals surface area contributed by atoms with Crippen LogP contribution in [0.5, 0.6) is 5.75 Å². The number of rotatable bonds is 3. The molecule has 0 aliphatic rings. The van der Waals surface area contributed by atoms with Crippen LogP contribution in [-0.4, -0.2) is 23.0 Å². The van der Waals surface area contributed by atoms with Crippen molar-refractivity contribution in [3.05, 3.63) is 63.9 Å². The molecule has 0 aliphatic heterocycles. The van der Waals surface area contributed by atoms with E-state index in [4.69, 9.17) is 0 Å². The van der Waals surface area contributed by atoms with Crippen LogP contribution >= 0.6 is 15.9 Å². The van der Waals surface area contributed by atoms with Crippen molar-refractivity contribution < 1.29 is 14.3 Å². The number of para-hydroxylation sites is 1. The van der Waals surface area contributed by atoms with Gasteiger partial charge in [-0.25, -0.2) is 4.39 Å². The first-order chi connectivity index (χ1) is 9.49. The minimum atomic E-state index is -0.370. The van der Waals surface area contributed by atoms with Gasteiger partial charge in [0.2, 0.25) is 0 Å². The summed E-state index contributed by atoms with van der Waals surface area (Å²) in [5.41, 5.74) is 0.607. The number of phenols is 1. The van der Waals surface area contributed by atoms with Crippen molar-refractivity contribution in [2.45, 2.75) is 6.54 Å². The average Bonchev–Trinajstić information content (AvgIpc) is 2.42. The molecule has 0 atom stereocenters. The molecule has 3 nitrogen and oxygen atoms in total. The highest BCUT2D eigenvalue weighted by atomic mass is 79.9. The molecule has 0 aliphatic carbocycles. The third-order valence-electron chi connectivity index (χ3n) is 2.90. The molecule has 2 aromatic carbocycles. The lowest BCUT2D eigenvalue weighted by atomic mass is 10.1. The Labute approximate surface area is 124 Å². The smallest absolute Gasteiger partial charge is 0.257 e. The van der Waals surface area contributed by atoms with E-state index in [2.05, 4.69) is 15.9 Å². The Morgan fingerprint density at radius 1 is 1.30 bits per heavy atom. The number of hydrogen-bond donors (Lipinski definition) is 1. The molecule has 20 heavy (non-hydrogen) atoms. The van der Waals surface area contributed by atoms with Gasteiger partial charge in [0.25, 0.3) is 5.91 Å². The summed E-state index contributed by atoms with van der Waals surface area (Å²) in [6, 6.07) is 10.9. The third kappa shape index (κ3) is 3.17. The number of nitrogens with zero attached hydrogens (tertiary/aromatic N) is 1. The summed E-state index contributed by atoms with van der Waals surface area (Å²) in [4.78, 5) is 13.6. The Kier molecular flexibility index (Phi) is 4.39. The Balaban J connectivity index is 2.20. The van der Waals surface area contributed by atoms with Crippen LogP contribution in [0.2, 0.25) is 0 Å². The zero-order valence-corrected chi connectivity index (χ0v) is 12.4. The molecule has 0 heterocycles. The maximum Gasteiger partial charge on any atom is 0.257 e. The highest BCUT2D eigenvalue weighted by Gasteiger charge is 2.16. The second kappa shape index (κ2) is 6.05. The number of halogens is 2. The highest BCUT2D eigenvalue weighted by molar-refractivity contribution is 9.10. The van der Waals surface area contributed by atoms with Crippen molar-refractivity contribution >= 4 is 21.8 Å². The summed E-state index contributed by atoms with van der Waals surface area (Å²) in [7, 11) is 1.56. The molecule has 0 aromatic heterocycles. The number of phenolic OH excluding ortho intramolecular Hbond substituents is 1. The molecule has 0 bridgehead atoms. The molecule has 0 spiro atoms. The van der Waals surface area contributed by atoms with Crippen LogP contribution in [0.15, 0.2) is 46.9 Å². The molecule has 104 valence electrons. The van der Waals surface area contributed by atoms with Gasteiger partial charge < -0.3 is 10.0 Å². The van der Waals surface area contributed by atoms with Gasteiger partial charge in [-0.2, -0.15) is 0 Å². The van der Waals surface area contributed by atoms with E-state index in [-0.39, 0.29) is 29.6 Å². The first kappa shape index (κ1) is 14.5. The SMILES string of the molecule is CN(Cc1cc(Br)ccc1F)C(=O)c1ccccc1O. The van der Waals surface area contributed by atoms with Gasteiger partial charge in [0.05, 0.1) is 5.56 Å². The van der Waals surface area contributed by atoms with Crippen molar-refractivity contribution in [2.75, 3.05) is 7.05 Å². The van der Waals surface area contributed by atoms with Crippen LogP contribution in [0.25, 0.3) is 0 Å². The van der Waals surface area contributed by atoms with Gasteiger partial charge in [-0.1, -0.05) is 28.1 Å². The van der Waals surface area contributed by atoms with Crippen molar-refractivity contribution in [1.82, 2.24) is 4.90 Å². The highest BCUT2D eigenvalue weighted by Crippen LogP contribution is 2.20. The van der Waals surface area contributed by atoms with E-state index in [1.165, 1.54) is 23.1 Å². The fourth-order valence-corrected chi connectivity index (χ4v) is 2.26. The molecule has 0 radical (unpaired) electrons. The van der Waals surface area contributed by atoms with E-state index < -0.39 is 0 Å². The Morgan fingerprint density at radius 3 is 2.70 bits per heavy atom. The van der Waals surface area contributed by atoms with E-state index in [1.54, 1.807) is 31.3 Å². The van der Waals surface area contributed by atoms with Crippen LogP contribution in [0.1, 0.15) is 15.9 Å². The maximum atomic E-state index is 13.7. The maximum absolute atomic E-state index is 13.7. The van der Waals surface area contributed by atoms with E-state index in [9.17, 15) is 14.3 Å². The van der Waals surface area contributed by atoms with E-state index in [0.717, 1.165) is 4.47 Å². The molecule has 0 saturated heterocycles. The van der Waals surface area contributed by atoms with Crippen molar-refractivity contribution in [3.8, 4) is 5.75 Å². The van der Waals surface area contributed by atoms with Gasteiger partial charge in [-0.15, -0.1) is 0 Å². The summed E-state index contributed by atoms with van der Waals surface area (Å²) in [6.45, 7) is 0.123. The fourth-order valence-electron chi connectivity index (χ4n) is 1.85. The second-order valence-electron chi connectivity index (χ2n) is 4.41. The predicted molar refractivity (Wildman–Crippen MR) is 78.0 cm³/mol. The monoisotopic (exact) mass is 337 g/mol. The van der Waals surface area contributed by atoms with Crippen molar-refractivity contribution in [3.63, 3.8) is 0 Å². The molecule has 0 fully saturated rings. The molecular formula is C15H13BrFNO2. The topological polar surface area (TPSA) is 40.5 Å². The lowest BCUT2D eigenvalue weighted by Gasteiger charge is -2.18. The van der Waals surface area contributed by atoms with Crippen LogP contribution in [-0.2, 0) is 6.54 Å². The van der Waals surface area contributed by atoms with Crippen LogP contribution in [0.4, 0.5) is 4.39 Å². The van der Waals surface area contributed by atoms with Crippen LogP contribution in [0, 0.1) is 5.82 Å². The minimum Gasteiger partial charge on any atom is -0.507 e. The van der Waals surface area contributed by atoms with E-state index in [0.29, 0.717) is 5.56 Å². The number of hydrogen-bond acceptors (Lipinski definition) is 2. The fraction of sp³-hybridized carbons (Fsp3) is 0.133. The third-order valence-corrected chi connectivity index (χ3v) is 3.39. The molecule has 1 amide bonds. The Morgan fingerprint density at radius 2 is 2.00 bits per heavy atom. The zero-order valence-electron chi connectivity index (χ0n) is 10.8. The standard InChI is InChI=1S/C15H13BrFNO2/c1-18(9-10-8-11(16)6-7-13(10)17)15(20)12-4-2-3-5-14(12)19/h2-8,19H,9H2,1H3. The Hall–Kier alpha value is -1.88. The van der Waals surface area contributed by atoms with E-state index in [1.807, 2.05) is 0 Å². The number of carbonyl (C=O) groups is 1. The lowest BCUT2D eigenvalue weighted by molar-refractivity contribution is 0.0781. The number of benzene rings is 2. The molecular weight excluding hydrogens is 325 g/mol. The Bertz CT molecular complexity index is 646. The molecule has 5 heteroatoms. The van der Waals surface area contributed by atoms with Gasteiger partial charge in [-0.05, 0) is 30.3 Å². The largest absolute Gasteiger partial charge is 0.507 e. The van der Waals surface area contributed by atoms with Gasteiger partial charge in [-0.3, -0.25) is 4.79 Å². The van der Waals surface area contributed by atoms with Gasteiger partial charge in [0.15, 0.2) is 0 Å². The first-order valence-electron chi connectivity index (χ1n) is 5.96.